The SMILES string of the molecule is O=c1c2c3c(sc2nc2c4ccccc4c(SCc4ccccc4)nn12)CCCC3. The summed E-state index contributed by atoms with van der Waals surface area (Å²) < 4.78 is 1.54. The first-order chi connectivity index (χ1) is 14.8. The molecule has 0 spiro atoms. The molecule has 6 rings (SSSR count). The van der Waals surface area contributed by atoms with E-state index in [-0.39, 0.29) is 5.56 Å². The standard InChI is InChI=1S/C24H19N3OS2/c28-24-20-18-12-6-7-13-19(18)30-23(20)25-21-16-10-4-5-11-17(16)22(26-27(21)24)29-14-15-8-2-1-3-9-15/h1-5,8-11H,6-7,12-14H2. The molecule has 0 atom stereocenters. The molecule has 5 aromatic rings. The third-order valence-corrected chi connectivity index (χ3v) is 8.01. The summed E-state index contributed by atoms with van der Waals surface area (Å²) in [6.07, 6.45) is 4.37. The van der Waals surface area contributed by atoms with E-state index in [0.29, 0.717) is 5.65 Å². The van der Waals surface area contributed by atoms with E-state index in [1.807, 2.05) is 36.4 Å². The molecule has 0 saturated carbocycles. The maximum atomic E-state index is 13.5. The lowest BCUT2D eigenvalue weighted by atomic mass is 9.97. The van der Waals surface area contributed by atoms with Crippen LogP contribution in [0.5, 0.6) is 0 Å². The van der Waals surface area contributed by atoms with Gasteiger partial charge >= 0.3 is 0 Å². The Labute approximate surface area is 181 Å². The molecule has 0 saturated heterocycles. The zero-order chi connectivity index (χ0) is 20.1. The lowest BCUT2D eigenvalue weighted by Gasteiger charge is -2.11. The lowest BCUT2D eigenvalue weighted by Crippen LogP contribution is -2.19. The predicted octanol–water partition coefficient (Wildman–Crippen LogP) is 5.63. The fourth-order valence-corrected chi connectivity index (χ4v) is 6.53. The van der Waals surface area contributed by atoms with Crippen molar-refractivity contribution in [1.82, 2.24) is 14.6 Å². The molecular weight excluding hydrogens is 410 g/mol. The highest BCUT2D eigenvalue weighted by Crippen LogP contribution is 2.35. The highest BCUT2D eigenvalue weighted by Gasteiger charge is 2.22. The fraction of sp³-hybridized carbons (Fsp3) is 0.208. The molecule has 0 bridgehead atoms. The number of fused-ring (bicyclic) bond motifs is 6. The third-order valence-electron chi connectivity index (χ3n) is 5.77. The maximum Gasteiger partial charge on any atom is 0.283 e. The first-order valence-corrected chi connectivity index (χ1v) is 12.0. The molecule has 0 radical (unpaired) electrons. The number of thiophene rings is 1. The van der Waals surface area contributed by atoms with E-state index in [9.17, 15) is 4.79 Å². The maximum absolute atomic E-state index is 13.5. The number of aromatic nitrogens is 3. The molecule has 2 aromatic carbocycles. The first kappa shape index (κ1) is 18.1. The van der Waals surface area contributed by atoms with E-state index in [0.717, 1.165) is 51.0 Å². The molecule has 0 aliphatic heterocycles. The normalized spacial score (nSPS) is 13.9. The highest BCUT2D eigenvalue weighted by atomic mass is 32.2. The monoisotopic (exact) mass is 429 g/mol. The summed E-state index contributed by atoms with van der Waals surface area (Å²) in [7, 11) is 0. The molecule has 1 aliphatic carbocycles. The summed E-state index contributed by atoms with van der Waals surface area (Å²) in [6.45, 7) is 0. The van der Waals surface area contributed by atoms with Gasteiger partial charge in [-0.1, -0.05) is 66.4 Å². The topological polar surface area (TPSA) is 47.3 Å². The van der Waals surface area contributed by atoms with E-state index in [4.69, 9.17) is 10.1 Å². The van der Waals surface area contributed by atoms with Gasteiger partial charge in [-0.15, -0.1) is 11.3 Å². The molecule has 3 aromatic heterocycles. The van der Waals surface area contributed by atoms with Gasteiger partial charge in [0.25, 0.3) is 5.56 Å². The van der Waals surface area contributed by atoms with Crippen LogP contribution in [0.2, 0.25) is 0 Å². The van der Waals surface area contributed by atoms with Crippen LogP contribution in [-0.2, 0) is 18.6 Å². The van der Waals surface area contributed by atoms with E-state index in [1.165, 1.54) is 22.4 Å². The average Bonchev–Trinajstić information content (AvgIpc) is 3.17. The molecule has 0 amide bonds. The zero-order valence-electron chi connectivity index (χ0n) is 16.3. The van der Waals surface area contributed by atoms with Crippen LogP contribution < -0.4 is 5.56 Å². The molecule has 30 heavy (non-hydrogen) atoms. The Morgan fingerprint density at radius 1 is 0.967 bits per heavy atom. The number of hydrogen-bond donors (Lipinski definition) is 0. The quantitative estimate of drug-likeness (QED) is 0.275. The molecule has 0 N–H and O–H groups in total. The average molecular weight is 430 g/mol. The van der Waals surface area contributed by atoms with Crippen molar-refractivity contribution in [1.29, 1.82) is 0 Å². The second-order valence-electron chi connectivity index (χ2n) is 7.67. The number of benzene rings is 2. The van der Waals surface area contributed by atoms with Gasteiger partial charge in [-0.25, -0.2) is 4.98 Å². The second kappa shape index (κ2) is 7.22. The van der Waals surface area contributed by atoms with Gasteiger partial charge in [-0.3, -0.25) is 4.79 Å². The summed E-state index contributed by atoms with van der Waals surface area (Å²) in [5.74, 6) is 0.807. The Morgan fingerprint density at radius 2 is 1.73 bits per heavy atom. The molecule has 6 heteroatoms. The minimum absolute atomic E-state index is 0.0262. The van der Waals surface area contributed by atoms with E-state index in [1.54, 1.807) is 27.6 Å². The van der Waals surface area contributed by atoms with Crippen molar-refractivity contribution in [2.45, 2.75) is 36.5 Å². The summed E-state index contributed by atoms with van der Waals surface area (Å²) in [5.41, 5.74) is 3.08. The van der Waals surface area contributed by atoms with Crippen molar-refractivity contribution in [2.75, 3.05) is 0 Å². The van der Waals surface area contributed by atoms with E-state index in [2.05, 4.69) is 18.2 Å². The number of thioether (sulfide) groups is 1. The van der Waals surface area contributed by atoms with Crippen molar-refractivity contribution in [3.63, 3.8) is 0 Å². The Balaban J connectivity index is 1.60. The van der Waals surface area contributed by atoms with Crippen LogP contribution in [0.25, 0.3) is 26.6 Å². The van der Waals surface area contributed by atoms with Gasteiger partial charge in [-0.05, 0) is 36.8 Å². The van der Waals surface area contributed by atoms with E-state index >= 15 is 0 Å². The van der Waals surface area contributed by atoms with Crippen molar-refractivity contribution >= 4 is 49.7 Å². The number of aryl methyl sites for hydroxylation is 2. The Kier molecular flexibility index (Phi) is 4.35. The van der Waals surface area contributed by atoms with Crippen LogP contribution in [0.15, 0.2) is 64.4 Å². The van der Waals surface area contributed by atoms with Crippen molar-refractivity contribution < 1.29 is 0 Å². The van der Waals surface area contributed by atoms with Crippen LogP contribution in [0.1, 0.15) is 28.8 Å². The van der Waals surface area contributed by atoms with Gasteiger partial charge in [0, 0.05) is 21.4 Å². The van der Waals surface area contributed by atoms with E-state index < -0.39 is 0 Å². The molecular formula is C24H19N3OS2. The fourth-order valence-electron chi connectivity index (χ4n) is 4.31. The van der Waals surface area contributed by atoms with Gasteiger partial charge in [-0.2, -0.15) is 9.61 Å². The number of rotatable bonds is 3. The van der Waals surface area contributed by atoms with Crippen molar-refractivity contribution in [2.24, 2.45) is 0 Å². The highest BCUT2D eigenvalue weighted by molar-refractivity contribution is 7.98. The van der Waals surface area contributed by atoms with Gasteiger partial charge < -0.3 is 0 Å². The third kappa shape index (κ3) is 2.86. The smallest absolute Gasteiger partial charge is 0.267 e. The summed E-state index contributed by atoms with van der Waals surface area (Å²) in [4.78, 5) is 20.7. The summed E-state index contributed by atoms with van der Waals surface area (Å²) >= 11 is 3.36. The summed E-state index contributed by atoms with van der Waals surface area (Å²) in [5, 5.41) is 8.49. The molecule has 148 valence electrons. The van der Waals surface area contributed by atoms with Gasteiger partial charge in [0.05, 0.1) is 5.39 Å². The zero-order valence-corrected chi connectivity index (χ0v) is 17.9. The van der Waals surface area contributed by atoms with Gasteiger partial charge in [0.15, 0.2) is 5.65 Å². The van der Waals surface area contributed by atoms with Crippen LogP contribution in [0, 0.1) is 0 Å². The lowest BCUT2D eigenvalue weighted by molar-refractivity contribution is 0.699. The molecule has 3 heterocycles. The number of hydrogen-bond acceptors (Lipinski definition) is 5. The van der Waals surface area contributed by atoms with Gasteiger partial charge in [0.2, 0.25) is 0 Å². The number of nitrogens with zero attached hydrogens (tertiary/aromatic N) is 3. The predicted molar refractivity (Wildman–Crippen MR) is 125 cm³/mol. The largest absolute Gasteiger partial charge is 0.283 e. The molecule has 4 nitrogen and oxygen atoms in total. The van der Waals surface area contributed by atoms with Crippen molar-refractivity contribution in [3.8, 4) is 0 Å². The van der Waals surface area contributed by atoms with Crippen LogP contribution >= 0.6 is 23.1 Å². The first-order valence-electron chi connectivity index (χ1n) is 10.2. The molecule has 0 unspecified atom stereocenters. The Morgan fingerprint density at radius 3 is 2.60 bits per heavy atom. The van der Waals surface area contributed by atoms with Crippen LogP contribution in [0.3, 0.4) is 0 Å². The Hall–Kier alpha value is -2.70. The second-order valence-corrected chi connectivity index (χ2v) is 9.72. The minimum atomic E-state index is -0.0262. The van der Waals surface area contributed by atoms with Gasteiger partial charge in [0.1, 0.15) is 9.86 Å². The minimum Gasteiger partial charge on any atom is -0.267 e. The summed E-state index contributed by atoms with van der Waals surface area (Å²) in [6, 6.07) is 18.5. The van der Waals surface area contributed by atoms with Crippen molar-refractivity contribution in [3.05, 3.63) is 81.0 Å². The van der Waals surface area contributed by atoms with Crippen LogP contribution in [-0.4, -0.2) is 14.6 Å². The van der Waals surface area contributed by atoms with Crippen LogP contribution in [0.4, 0.5) is 0 Å². The molecule has 0 fully saturated rings. The Bertz CT molecular complexity index is 1470. The molecule has 1 aliphatic rings.